The van der Waals surface area contributed by atoms with Crippen LogP contribution < -0.4 is 0 Å². The highest BCUT2D eigenvalue weighted by Gasteiger charge is 2.23. The number of fused-ring (bicyclic) bond motifs is 6. The normalized spacial score (nSPS) is 11.5. The summed E-state index contributed by atoms with van der Waals surface area (Å²) in [6.45, 7) is 0. The molecular weight excluding hydrogens is 897 g/mol. The van der Waals surface area contributed by atoms with E-state index in [1.54, 1.807) is 0 Å². The number of nitrogens with zero attached hydrogens (tertiary/aromatic N) is 4. The monoisotopic (exact) mass is 942 g/mol. The molecule has 4 heterocycles. The third-order valence-corrected chi connectivity index (χ3v) is 14.8. The maximum absolute atomic E-state index is 4.83. The van der Waals surface area contributed by atoms with E-state index in [0.717, 1.165) is 66.8 Å². The minimum Gasteiger partial charge on any atom is -0.309 e. The van der Waals surface area contributed by atoms with Crippen LogP contribution in [0.4, 0.5) is 0 Å². The van der Waals surface area contributed by atoms with Crippen LogP contribution in [-0.4, -0.2) is 19.1 Å². The smallest absolute Gasteiger partial charge is 0.0541 e. The molecule has 0 fully saturated rings. The Morgan fingerprint density at radius 3 is 0.811 bits per heavy atom. The molecule has 0 unspecified atom stereocenters. The summed E-state index contributed by atoms with van der Waals surface area (Å²) in [5.41, 5.74) is 22.6. The van der Waals surface area contributed by atoms with E-state index in [2.05, 4.69) is 264 Å². The van der Waals surface area contributed by atoms with E-state index in [1.165, 1.54) is 66.1 Å². The first kappa shape index (κ1) is 42.9. The Morgan fingerprint density at radius 1 is 0.216 bits per heavy atom. The number of rotatable bonds is 9. The van der Waals surface area contributed by atoms with E-state index < -0.39 is 0 Å². The summed E-state index contributed by atoms with van der Waals surface area (Å²) in [6, 6.07) is 92.2. The van der Waals surface area contributed by atoms with Crippen molar-refractivity contribution in [3.63, 3.8) is 0 Å². The van der Waals surface area contributed by atoms with Crippen LogP contribution in [-0.2, 0) is 0 Å². The van der Waals surface area contributed by atoms with E-state index in [1.807, 2.05) is 24.8 Å². The van der Waals surface area contributed by atoms with Crippen LogP contribution in [0, 0.1) is 0 Å². The van der Waals surface area contributed by atoms with Crippen molar-refractivity contribution in [1.29, 1.82) is 0 Å². The van der Waals surface area contributed by atoms with Gasteiger partial charge in [0.2, 0.25) is 0 Å². The van der Waals surface area contributed by atoms with E-state index in [4.69, 9.17) is 9.97 Å². The fraction of sp³-hybridized carbons (Fsp3) is 0. The van der Waals surface area contributed by atoms with Gasteiger partial charge in [-0.25, -0.2) is 0 Å². The standard InChI is InChI=1S/C70H46N4/c1-5-17-47(18-6-1)51-29-33-67-59(41-51)60-42-52(48-19-7-2-8-20-48)30-34-68(60)73(67)65-27-15-13-25-57(65)55-37-39-71-45-63(55)64-46-72-40-38-56(64)58-26-14-16-28-66(58)74-69-35-31-53(49-21-9-3-10-22-49)43-61(69)62-44-54(32-36-70(62)74)50-23-11-4-12-24-50/h1-46H. The van der Waals surface area contributed by atoms with Gasteiger partial charge in [0.15, 0.2) is 0 Å². The predicted octanol–water partition coefficient (Wildman–Crippen LogP) is 18.3. The SMILES string of the molecule is c1ccc(-c2ccc3c(c2)c2cc(-c4ccccc4)ccc2n3-c2ccccc2-c2ccncc2-c2cnccc2-c2ccccc2-n2c3ccc(-c4ccccc4)cc3c3cc(-c4ccccc4)ccc32)cc1. The molecular formula is C70H46N4. The second kappa shape index (κ2) is 18.1. The second-order valence-corrected chi connectivity index (χ2v) is 18.9. The van der Waals surface area contributed by atoms with Crippen LogP contribution in [0.25, 0.3) is 133 Å². The first-order valence-corrected chi connectivity index (χ1v) is 25.2. The summed E-state index contributed by atoms with van der Waals surface area (Å²) in [5, 5.41) is 4.81. The molecule has 0 aliphatic heterocycles. The van der Waals surface area contributed by atoms with Crippen LogP contribution >= 0.6 is 0 Å². The highest BCUT2D eigenvalue weighted by Crippen LogP contribution is 2.45. The zero-order valence-electron chi connectivity index (χ0n) is 40.3. The first-order valence-electron chi connectivity index (χ1n) is 25.2. The van der Waals surface area contributed by atoms with Crippen molar-refractivity contribution in [2.75, 3.05) is 0 Å². The average Bonchev–Trinajstić information content (AvgIpc) is 4.00. The van der Waals surface area contributed by atoms with Crippen molar-refractivity contribution >= 4 is 43.6 Å². The summed E-state index contributed by atoms with van der Waals surface area (Å²) >= 11 is 0. The van der Waals surface area contributed by atoms with E-state index >= 15 is 0 Å². The third kappa shape index (κ3) is 7.31. The number of para-hydroxylation sites is 2. The van der Waals surface area contributed by atoms with Crippen LogP contribution in [0.5, 0.6) is 0 Å². The molecule has 0 aliphatic rings. The lowest BCUT2D eigenvalue weighted by atomic mass is 9.90. The topological polar surface area (TPSA) is 35.6 Å². The molecule has 4 aromatic heterocycles. The molecule has 10 aromatic carbocycles. The Morgan fingerprint density at radius 2 is 0.500 bits per heavy atom. The van der Waals surface area contributed by atoms with Gasteiger partial charge in [-0.05, 0) is 128 Å². The average molecular weight is 943 g/mol. The van der Waals surface area contributed by atoms with Crippen molar-refractivity contribution in [3.05, 3.63) is 280 Å². The zero-order chi connectivity index (χ0) is 49.0. The van der Waals surface area contributed by atoms with Gasteiger partial charge in [-0.3, -0.25) is 9.97 Å². The van der Waals surface area contributed by atoms with Crippen LogP contribution in [0.15, 0.2) is 280 Å². The number of aromatic nitrogens is 4. The lowest BCUT2D eigenvalue weighted by molar-refractivity contribution is 1.18. The highest BCUT2D eigenvalue weighted by atomic mass is 15.0. The zero-order valence-corrected chi connectivity index (χ0v) is 40.3. The molecule has 4 nitrogen and oxygen atoms in total. The molecule has 0 N–H and O–H groups in total. The molecule has 346 valence electrons. The lowest BCUT2D eigenvalue weighted by Gasteiger charge is -2.19. The minimum atomic E-state index is 0.999. The molecule has 14 aromatic rings. The van der Waals surface area contributed by atoms with Crippen molar-refractivity contribution in [2.45, 2.75) is 0 Å². The Kier molecular flexibility index (Phi) is 10.5. The van der Waals surface area contributed by atoms with Crippen LogP contribution in [0.1, 0.15) is 0 Å². The fourth-order valence-corrected chi connectivity index (χ4v) is 11.3. The van der Waals surface area contributed by atoms with Crippen LogP contribution in [0.2, 0.25) is 0 Å². The lowest BCUT2D eigenvalue weighted by Crippen LogP contribution is -2.00. The molecule has 0 atom stereocenters. The van der Waals surface area contributed by atoms with Gasteiger partial charge in [0.05, 0.1) is 33.4 Å². The highest BCUT2D eigenvalue weighted by molar-refractivity contribution is 6.14. The summed E-state index contributed by atoms with van der Waals surface area (Å²) < 4.78 is 4.89. The molecule has 0 bridgehead atoms. The first-order chi connectivity index (χ1) is 36.7. The van der Waals surface area contributed by atoms with Gasteiger partial charge in [-0.2, -0.15) is 0 Å². The Labute approximate surface area is 429 Å². The molecule has 4 heteroatoms. The van der Waals surface area contributed by atoms with Gasteiger partial charge in [-0.15, -0.1) is 0 Å². The molecule has 14 rings (SSSR count). The third-order valence-electron chi connectivity index (χ3n) is 14.8. The van der Waals surface area contributed by atoms with Crippen molar-refractivity contribution in [2.24, 2.45) is 0 Å². The second-order valence-electron chi connectivity index (χ2n) is 18.9. The maximum Gasteiger partial charge on any atom is 0.0541 e. The molecule has 0 radical (unpaired) electrons. The number of benzene rings is 10. The fourth-order valence-electron chi connectivity index (χ4n) is 11.3. The van der Waals surface area contributed by atoms with E-state index in [9.17, 15) is 0 Å². The van der Waals surface area contributed by atoms with E-state index in [0.29, 0.717) is 0 Å². The van der Waals surface area contributed by atoms with Crippen LogP contribution in [0.3, 0.4) is 0 Å². The van der Waals surface area contributed by atoms with Gasteiger partial charge < -0.3 is 9.13 Å². The summed E-state index contributed by atoms with van der Waals surface area (Å²) in [5.74, 6) is 0. The Hall–Kier alpha value is -9.90. The largest absolute Gasteiger partial charge is 0.309 e. The molecule has 0 saturated carbocycles. The predicted molar refractivity (Wildman–Crippen MR) is 309 cm³/mol. The summed E-state index contributed by atoms with van der Waals surface area (Å²) in [6.07, 6.45) is 7.84. The number of hydrogen-bond donors (Lipinski definition) is 0. The van der Waals surface area contributed by atoms with Gasteiger partial charge in [0.25, 0.3) is 0 Å². The maximum atomic E-state index is 4.83. The number of hydrogen-bond acceptors (Lipinski definition) is 2. The van der Waals surface area contributed by atoms with Crippen molar-refractivity contribution in [1.82, 2.24) is 19.1 Å². The molecule has 0 amide bonds. The molecule has 74 heavy (non-hydrogen) atoms. The Bertz CT molecular complexity index is 3920. The number of pyridine rings is 2. The van der Waals surface area contributed by atoms with Gasteiger partial charge in [-0.1, -0.05) is 182 Å². The van der Waals surface area contributed by atoms with E-state index in [-0.39, 0.29) is 0 Å². The molecule has 0 spiro atoms. The minimum absolute atomic E-state index is 0.999. The quantitative estimate of drug-likeness (QED) is 0.145. The molecule has 0 saturated heterocycles. The van der Waals surface area contributed by atoms with Crippen molar-refractivity contribution < 1.29 is 0 Å². The molecule has 0 aliphatic carbocycles. The van der Waals surface area contributed by atoms with Crippen molar-refractivity contribution in [3.8, 4) is 89.3 Å². The van der Waals surface area contributed by atoms with Gasteiger partial charge >= 0.3 is 0 Å². The summed E-state index contributed by atoms with van der Waals surface area (Å²) in [4.78, 5) is 9.66. The van der Waals surface area contributed by atoms with Gasteiger partial charge in [0, 0.05) is 68.6 Å². The summed E-state index contributed by atoms with van der Waals surface area (Å²) in [7, 11) is 0. The Balaban J connectivity index is 0.949. The van der Waals surface area contributed by atoms with Gasteiger partial charge in [0.1, 0.15) is 0 Å².